The van der Waals surface area contributed by atoms with E-state index in [0.717, 1.165) is 6.42 Å². The largest absolute Gasteiger partial charge is 0.394 e. The molecule has 1 aromatic rings. The minimum atomic E-state index is -0.579. The van der Waals surface area contributed by atoms with Crippen LogP contribution in [0.1, 0.15) is 44.6 Å². The summed E-state index contributed by atoms with van der Waals surface area (Å²) in [6, 6.07) is -0.143. The van der Waals surface area contributed by atoms with Crippen LogP contribution in [-0.2, 0) is 0 Å². The Morgan fingerprint density at radius 3 is 2.43 bits per heavy atom. The topological polar surface area (TPSA) is 104 Å². The summed E-state index contributed by atoms with van der Waals surface area (Å²) >= 11 is 0. The van der Waals surface area contributed by atoms with Crippen LogP contribution in [0.4, 0.5) is 5.69 Å². The number of carbonyl (C=O) groups is 1. The summed E-state index contributed by atoms with van der Waals surface area (Å²) in [6.45, 7) is 11.3. The van der Waals surface area contributed by atoms with Crippen LogP contribution in [-0.4, -0.2) is 33.9 Å². The van der Waals surface area contributed by atoms with E-state index >= 15 is 0 Å². The lowest BCUT2D eigenvalue weighted by Crippen LogP contribution is -2.22. The highest BCUT2D eigenvalue weighted by Crippen LogP contribution is 2.11. The number of carbonyl (C=O) groups excluding carboxylic acids is 1. The third kappa shape index (κ3) is 11.4. The number of rotatable bonds is 5. The molecule has 0 spiro atoms. The summed E-state index contributed by atoms with van der Waals surface area (Å²) in [5.41, 5.74) is 5.79. The van der Waals surface area contributed by atoms with E-state index in [4.69, 9.17) is 10.8 Å². The number of hydrogen-bond donors (Lipinski definition) is 4. The second-order valence-corrected chi connectivity index (χ2v) is 4.11. The van der Waals surface area contributed by atoms with Gasteiger partial charge in [0.15, 0.2) is 0 Å². The fourth-order valence-corrected chi connectivity index (χ4v) is 0.895. The molecule has 0 bridgehead atoms. The van der Waals surface area contributed by atoms with Crippen molar-refractivity contribution in [2.75, 3.05) is 11.9 Å². The molecule has 1 aromatic heterocycles. The molecule has 0 aliphatic heterocycles. The minimum absolute atomic E-state index is 0.0244. The molecule has 0 aromatic carbocycles. The van der Waals surface area contributed by atoms with E-state index in [1.165, 1.54) is 6.20 Å². The van der Waals surface area contributed by atoms with Crippen LogP contribution in [0.5, 0.6) is 0 Å². The van der Waals surface area contributed by atoms with E-state index in [9.17, 15) is 4.79 Å². The molecule has 120 valence electrons. The number of aliphatic hydroxyl groups is 1. The van der Waals surface area contributed by atoms with Crippen LogP contribution < -0.4 is 11.1 Å². The fraction of sp³-hybridized carbons (Fsp3) is 0.467. The Bertz CT molecular complexity index is 410. The number of aromatic amines is 1. The number of H-pyrrole nitrogens is 1. The highest BCUT2D eigenvalue weighted by molar-refractivity contribution is 5.96. The highest BCUT2D eigenvalue weighted by atomic mass is 16.3. The second kappa shape index (κ2) is 14.3. The van der Waals surface area contributed by atoms with Crippen molar-refractivity contribution in [1.29, 1.82) is 0 Å². The first kappa shape index (κ1) is 21.2. The average molecular weight is 296 g/mol. The van der Waals surface area contributed by atoms with Gasteiger partial charge in [-0.3, -0.25) is 9.89 Å². The lowest BCUT2D eigenvalue weighted by molar-refractivity contribution is 0.0996. The normalized spacial score (nSPS) is 10.7. The average Bonchev–Trinajstić information content (AvgIpc) is 2.95. The molecule has 6 nitrogen and oxygen atoms in total. The van der Waals surface area contributed by atoms with Crippen LogP contribution in [0.25, 0.3) is 0 Å². The standard InChI is InChI=1S/C7H12N4O2.2C4H8/c1-4(3-12)10-5-2-9-11-6(5)7(8)13;2*1-3-4-2/h2,4,10,12H,3H2,1H3,(H2,8,13)(H,9,11);3-4H,1-2H3;3H,1,4H2,2H3/b;4-3-;. The predicted octanol–water partition coefficient (Wildman–Crippen LogP) is 2.47. The first-order chi connectivity index (χ1) is 9.98. The van der Waals surface area contributed by atoms with Gasteiger partial charge in [0.2, 0.25) is 0 Å². The predicted molar refractivity (Wildman–Crippen MR) is 88.3 cm³/mol. The van der Waals surface area contributed by atoms with Gasteiger partial charge >= 0.3 is 0 Å². The van der Waals surface area contributed by atoms with Gasteiger partial charge < -0.3 is 16.2 Å². The zero-order valence-corrected chi connectivity index (χ0v) is 13.4. The van der Waals surface area contributed by atoms with Crippen LogP contribution >= 0.6 is 0 Å². The molecule has 21 heavy (non-hydrogen) atoms. The van der Waals surface area contributed by atoms with Crippen molar-refractivity contribution in [2.24, 2.45) is 5.73 Å². The molecule has 1 atom stereocenters. The van der Waals surface area contributed by atoms with Gasteiger partial charge in [0.25, 0.3) is 5.91 Å². The molecule has 0 aliphatic carbocycles. The van der Waals surface area contributed by atoms with E-state index < -0.39 is 5.91 Å². The van der Waals surface area contributed by atoms with Crippen LogP contribution in [0, 0.1) is 0 Å². The molecule has 0 saturated heterocycles. The lowest BCUT2D eigenvalue weighted by Gasteiger charge is -2.10. The minimum Gasteiger partial charge on any atom is -0.394 e. The highest BCUT2D eigenvalue weighted by Gasteiger charge is 2.11. The number of nitrogens with one attached hydrogen (secondary N) is 2. The van der Waals surface area contributed by atoms with E-state index in [-0.39, 0.29) is 18.3 Å². The molecule has 1 rings (SSSR count). The zero-order valence-electron chi connectivity index (χ0n) is 13.4. The molecule has 0 aliphatic rings. The number of nitrogens with two attached hydrogens (primary N) is 1. The van der Waals surface area contributed by atoms with Crippen molar-refractivity contribution in [3.63, 3.8) is 0 Å². The van der Waals surface area contributed by atoms with Gasteiger partial charge in [-0.1, -0.05) is 25.2 Å². The van der Waals surface area contributed by atoms with Gasteiger partial charge in [0.1, 0.15) is 5.69 Å². The number of primary amides is 1. The van der Waals surface area contributed by atoms with Crippen molar-refractivity contribution < 1.29 is 9.90 Å². The Morgan fingerprint density at radius 2 is 2.10 bits per heavy atom. The number of hydrogen-bond acceptors (Lipinski definition) is 4. The van der Waals surface area contributed by atoms with Gasteiger partial charge in [0.05, 0.1) is 18.5 Å². The smallest absolute Gasteiger partial charge is 0.268 e. The van der Waals surface area contributed by atoms with Crippen LogP contribution in [0.3, 0.4) is 0 Å². The number of aliphatic hydroxyl groups excluding tert-OH is 1. The van der Waals surface area contributed by atoms with Gasteiger partial charge in [-0.25, -0.2) is 0 Å². The molecule has 1 heterocycles. The summed E-state index contributed by atoms with van der Waals surface area (Å²) in [5, 5.41) is 17.8. The monoisotopic (exact) mass is 296 g/mol. The van der Waals surface area contributed by atoms with Crippen molar-refractivity contribution >= 4 is 11.6 Å². The van der Waals surface area contributed by atoms with Crippen LogP contribution in [0.2, 0.25) is 0 Å². The Morgan fingerprint density at radius 1 is 1.57 bits per heavy atom. The quantitative estimate of drug-likeness (QED) is 0.626. The SMILES string of the molecule is C/C=C\C.C=CCC.CC(CO)Nc1cn[nH]c1C(N)=O. The summed E-state index contributed by atoms with van der Waals surface area (Å²) in [4.78, 5) is 10.8. The molecule has 0 saturated carbocycles. The van der Waals surface area contributed by atoms with Crippen molar-refractivity contribution in [2.45, 2.75) is 40.2 Å². The first-order valence-corrected chi connectivity index (χ1v) is 6.87. The zero-order chi connectivity index (χ0) is 16.7. The van der Waals surface area contributed by atoms with Gasteiger partial charge in [-0.15, -0.1) is 6.58 Å². The molecule has 5 N–H and O–H groups in total. The van der Waals surface area contributed by atoms with E-state index in [2.05, 4.69) is 29.0 Å². The Labute approximate surface area is 127 Å². The van der Waals surface area contributed by atoms with Gasteiger partial charge in [-0.05, 0) is 27.2 Å². The maximum atomic E-state index is 10.8. The Hall–Kier alpha value is -2.08. The third-order valence-corrected chi connectivity index (χ3v) is 2.18. The molecule has 1 unspecified atom stereocenters. The van der Waals surface area contributed by atoms with Crippen LogP contribution in [0.15, 0.2) is 31.0 Å². The number of allylic oxidation sites excluding steroid dienone is 3. The second-order valence-electron chi connectivity index (χ2n) is 4.11. The van der Waals surface area contributed by atoms with E-state index in [1.807, 2.05) is 32.1 Å². The van der Waals surface area contributed by atoms with Gasteiger partial charge in [0, 0.05) is 6.04 Å². The van der Waals surface area contributed by atoms with Gasteiger partial charge in [-0.2, -0.15) is 5.10 Å². The molecule has 0 radical (unpaired) electrons. The van der Waals surface area contributed by atoms with E-state index in [0.29, 0.717) is 5.69 Å². The number of amides is 1. The molecular formula is C15H28N4O2. The van der Waals surface area contributed by atoms with Crippen molar-refractivity contribution in [1.82, 2.24) is 10.2 Å². The maximum Gasteiger partial charge on any atom is 0.268 e. The number of anilines is 1. The van der Waals surface area contributed by atoms with E-state index in [1.54, 1.807) is 6.92 Å². The summed E-state index contributed by atoms with van der Waals surface area (Å²) in [7, 11) is 0. The summed E-state index contributed by atoms with van der Waals surface area (Å²) in [5.74, 6) is -0.579. The molecular weight excluding hydrogens is 268 g/mol. The van der Waals surface area contributed by atoms with Crippen molar-refractivity contribution in [3.8, 4) is 0 Å². The van der Waals surface area contributed by atoms with Crippen molar-refractivity contribution in [3.05, 3.63) is 36.7 Å². The lowest BCUT2D eigenvalue weighted by atomic mass is 10.3. The summed E-state index contributed by atoms with van der Waals surface area (Å²) < 4.78 is 0. The Balaban J connectivity index is 0. The molecule has 6 heteroatoms. The molecule has 0 fully saturated rings. The molecule has 1 amide bonds. The Kier molecular flexibility index (Phi) is 14.5. The summed E-state index contributed by atoms with van der Waals surface area (Å²) in [6.07, 6.45) is 8.41. The first-order valence-electron chi connectivity index (χ1n) is 6.87. The fourth-order valence-electron chi connectivity index (χ4n) is 0.895. The number of nitrogens with zero attached hydrogens (tertiary/aromatic N) is 1. The third-order valence-electron chi connectivity index (χ3n) is 2.18. The number of aromatic nitrogens is 2. The maximum absolute atomic E-state index is 10.8.